The third kappa shape index (κ3) is 4.38. The third-order valence-electron chi connectivity index (χ3n) is 3.73. The van der Waals surface area contributed by atoms with Crippen LogP contribution in [0.15, 0.2) is 54.9 Å². The van der Waals surface area contributed by atoms with E-state index in [-0.39, 0.29) is 5.41 Å². The Morgan fingerprint density at radius 1 is 1.10 bits per heavy atom. The summed E-state index contributed by atoms with van der Waals surface area (Å²) in [6.07, 6.45) is 3.15. The van der Waals surface area contributed by atoms with Crippen LogP contribution in [0.25, 0.3) is 0 Å². The molecule has 0 amide bonds. The maximum absolute atomic E-state index is 10.6. The lowest BCUT2D eigenvalue weighted by molar-refractivity contribution is 0.0243. The molecular formula is C18H24N2O. The molecule has 0 spiro atoms. The van der Waals surface area contributed by atoms with Gasteiger partial charge in [0, 0.05) is 30.9 Å². The summed E-state index contributed by atoms with van der Waals surface area (Å²) in [5, 5.41) is 10.6. The Bertz CT molecular complexity index is 540. The molecule has 1 heterocycles. The van der Waals surface area contributed by atoms with Crippen molar-refractivity contribution in [3.05, 3.63) is 66.0 Å². The molecule has 1 atom stereocenters. The molecule has 1 aromatic carbocycles. The number of hydrogen-bond donors (Lipinski definition) is 1. The highest BCUT2D eigenvalue weighted by Crippen LogP contribution is 2.33. The van der Waals surface area contributed by atoms with E-state index < -0.39 is 6.10 Å². The molecular weight excluding hydrogens is 260 g/mol. The highest BCUT2D eigenvalue weighted by molar-refractivity contribution is 5.19. The molecule has 2 aromatic rings. The van der Waals surface area contributed by atoms with E-state index >= 15 is 0 Å². The first-order valence-corrected chi connectivity index (χ1v) is 7.29. The first-order chi connectivity index (χ1) is 9.99. The summed E-state index contributed by atoms with van der Waals surface area (Å²) in [6, 6.07) is 13.9. The molecule has 0 aliphatic rings. The fraction of sp³-hybridized carbons (Fsp3) is 0.389. The van der Waals surface area contributed by atoms with Gasteiger partial charge in [0.25, 0.3) is 0 Å². The Labute approximate surface area is 127 Å². The smallest absolute Gasteiger partial charge is 0.0853 e. The monoisotopic (exact) mass is 284 g/mol. The molecule has 1 aromatic heterocycles. The molecule has 0 aliphatic heterocycles. The molecule has 3 heteroatoms. The Hall–Kier alpha value is -1.71. The summed E-state index contributed by atoms with van der Waals surface area (Å²) < 4.78 is 0. The molecule has 0 fully saturated rings. The average Bonchev–Trinajstić information content (AvgIpc) is 2.47. The number of benzene rings is 1. The van der Waals surface area contributed by atoms with Gasteiger partial charge in [0.15, 0.2) is 0 Å². The first-order valence-electron chi connectivity index (χ1n) is 7.29. The zero-order chi connectivity index (χ0) is 15.3. The van der Waals surface area contributed by atoms with Crippen molar-refractivity contribution in [2.24, 2.45) is 5.41 Å². The van der Waals surface area contributed by atoms with Crippen molar-refractivity contribution >= 4 is 0 Å². The van der Waals surface area contributed by atoms with Gasteiger partial charge in [0.05, 0.1) is 6.10 Å². The fourth-order valence-corrected chi connectivity index (χ4v) is 2.72. The SMILES string of the molecule is CN(Cc1ccncc1)CC(C)(C)C(O)c1ccccc1. The van der Waals surface area contributed by atoms with E-state index in [9.17, 15) is 5.11 Å². The largest absolute Gasteiger partial charge is 0.388 e. The van der Waals surface area contributed by atoms with Gasteiger partial charge in [-0.2, -0.15) is 0 Å². The second-order valence-electron chi connectivity index (χ2n) is 6.33. The van der Waals surface area contributed by atoms with Gasteiger partial charge in [-0.1, -0.05) is 44.2 Å². The van der Waals surface area contributed by atoms with Gasteiger partial charge in [-0.15, -0.1) is 0 Å². The number of nitrogens with zero attached hydrogens (tertiary/aromatic N) is 2. The number of aliphatic hydroxyl groups is 1. The number of hydrogen-bond acceptors (Lipinski definition) is 3. The third-order valence-corrected chi connectivity index (χ3v) is 3.73. The highest BCUT2D eigenvalue weighted by Gasteiger charge is 2.30. The molecule has 0 saturated heterocycles. The zero-order valence-corrected chi connectivity index (χ0v) is 13.0. The van der Waals surface area contributed by atoms with E-state index in [1.807, 2.05) is 54.9 Å². The fourth-order valence-electron chi connectivity index (χ4n) is 2.72. The van der Waals surface area contributed by atoms with E-state index in [2.05, 4.69) is 30.8 Å². The molecule has 112 valence electrons. The van der Waals surface area contributed by atoms with Crippen molar-refractivity contribution in [1.29, 1.82) is 0 Å². The van der Waals surface area contributed by atoms with Crippen LogP contribution in [0.3, 0.4) is 0 Å². The molecule has 0 bridgehead atoms. The minimum atomic E-state index is -0.474. The van der Waals surface area contributed by atoms with Gasteiger partial charge < -0.3 is 10.0 Å². The van der Waals surface area contributed by atoms with Crippen molar-refractivity contribution in [2.45, 2.75) is 26.5 Å². The van der Waals surface area contributed by atoms with Gasteiger partial charge >= 0.3 is 0 Å². The van der Waals surface area contributed by atoms with E-state index in [1.165, 1.54) is 5.56 Å². The van der Waals surface area contributed by atoms with E-state index in [0.29, 0.717) is 0 Å². The summed E-state index contributed by atoms with van der Waals surface area (Å²) in [5.41, 5.74) is 1.99. The lowest BCUT2D eigenvalue weighted by atomic mass is 9.82. The minimum Gasteiger partial charge on any atom is -0.388 e. The lowest BCUT2D eigenvalue weighted by Gasteiger charge is -2.35. The number of rotatable bonds is 6. The van der Waals surface area contributed by atoms with Crippen LogP contribution in [0, 0.1) is 5.41 Å². The Kier molecular flexibility index (Phi) is 5.10. The molecule has 3 nitrogen and oxygen atoms in total. The summed E-state index contributed by atoms with van der Waals surface area (Å²) in [5.74, 6) is 0. The maximum atomic E-state index is 10.6. The van der Waals surface area contributed by atoms with Gasteiger partial charge in [0.1, 0.15) is 0 Å². The summed E-state index contributed by atoms with van der Waals surface area (Å²) in [4.78, 5) is 6.27. The summed E-state index contributed by atoms with van der Waals surface area (Å²) in [6.45, 7) is 5.88. The predicted octanol–water partition coefficient (Wildman–Crippen LogP) is 3.27. The van der Waals surface area contributed by atoms with E-state index in [1.54, 1.807) is 0 Å². The molecule has 0 radical (unpaired) electrons. The van der Waals surface area contributed by atoms with Crippen LogP contribution in [0.1, 0.15) is 31.1 Å². The number of aliphatic hydroxyl groups excluding tert-OH is 1. The van der Waals surface area contributed by atoms with Crippen LogP contribution < -0.4 is 0 Å². The number of aromatic nitrogens is 1. The van der Waals surface area contributed by atoms with Gasteiger partial charge in [-0.05, 0) is 30.3 Å². The minimum absolute atomic E-state index is 0.219. The van der Waals surface area contributed by atoms with Crippen molar-refractivity contribution in [3.63, 3.8) is 0 Å². The summed E-state index contributed by atoms with van der Waals surface area (Å²) >= 11 is 0. The second-order valence-corrected chi connectivity index (χ2v) is 6.33. The van der Waals surface area contributed by atoms with E-state index in [4.69, 9.17) is 0 Å². The van der Waals surface area contributed by atoms with Crippen molar-refractivity contribution in [2.75, 3.05) is 13.6 Å². The maximum Gasteiger partial charge on any atom is 0.0853 e. The predicted molar refractivity (Wildman–Crippen MR) is 85.8 cm³/mol. The molecule has 1 unspecified atom stereocenters. The van der Waals surface area contributed by atoms with Crippen LogP contribution in [-0.2, 0) is 6.54 Å². The Morgan fingerprint density at radius 2 is 1.71 bits per heavy atom. The quantitative estimate of drug-likeness (QED) is 0.884. The van der Waals surface area contributed by atoms with Crippen molar-refractivity contribution in [1.82, 2.24) is 9.88 Å². The van der Waals surface area contributed by atoms with Crippen LogP contribution >= 0.6 is 0 Å². The van der Waals surface area contributed by atoms with Crippen LogP contribution in [0.4, 0.5) is 0 Å². The second kappa shape index (κ2) is 6.83. The molecule has 0 aliphatic carbocycles. The topological polar surface area (TPSA) is 36.4 Å². The lowest BCUT2D eigenvalue weighted by Crippen LogP contribution is -2.35. The van der Waals surface area contributed by atoms with E-state index in [0.717, 1.165) is 18.7 Å². The molecule has 21 heavy (non-hydrogen) atoms. The van der Waals surface area contributed by atoms with Crippen LogP contribution in [0.2, 0.25) is 0 Å². The molecule has 2 rings (SSSR count). The standard InChI is InChI=1S/C18H24N2O/c1-18(2,17(21)16-7-5-4-6-8-16)14-20(3)13-15-9-11-19-12-10-15/h4-12,17,21H,13-14H2,1-3H3. The zero-order valence-electron chi connectivity index (χ0n) is 13.0. The average molecular weight is 284 g/mol. The van der Waals surface area contributed by atoms with Crippen molar-refractivity contribution in [3.8, 4) is 0 Å². The molecule has 0 saturated carbocycles. The Morgan fingerprint density at radius 3 is 2.33 bits per heavy atom. The Balaban J connectivity index is 2.00. The van der Waals surface area contributed by atoms with Crippen LogP contribution in [0.5, 0.6) is 0 Å². The van der Waals surface area contributed by atoms with Crippen LogP contribution in [-0.4, -0.2) is 28.6 Å². The highest BCUT2D eigenvalue weighted by atomic mass is 16.3. The van der Waals surface area contributed by atoms with Gasteiger partial charge in [-0.3, -0.25) is 4.98 Å². The first kappa shape index (κ1) is 15.7. The van der Waals surface area contributed by atoms with Crippen molar-refractivity contribution < 1.29 is 5.11 Å². The normalized spacial score (nSPS) is 13.4. The number of pyridine rings is 1. The van der Waals surface area contributed by atoms with Gasteiger partial charge in [-0.25, -0.2) is 0 Å². The van der Waals surface area contributed by atoms with Gasteiger partial charge in [0.2, 0.25) is 0 Å². The summed E-state index contributed by atoms with van der Waals surface area (Å²) in [7, 11) is 2.08. The molecule has 1 N–H and O–H groups in total.